The lowest BCUT2D eigenvalue weighted by atomic mass is 10.1. The fraction of sp³-hybridized carbons (Fsp3) is 0.438. The second-order valence-electron chi connectivity index (χ2n) is 4.61. The highest BCUT2D eigenvalue weighted by molar-refractivity contribution is 5.81. The van der Waals surface area contributed by atoms with E-state index in [0.717, 1.165) is 5.39 Å². The number of hydrogen-bond donors (Lipinski definition) is 0. The summed E-state index contributed by atoms with van der Waals surface area (Å²) in [7, 11) is 1.61. The molecule has 0 aliphatic carbocycles. The highest BCUT2D eigenvalue weighted by atomic mass is 16.7. The predicted octanol–water partition coefficient (Wildman–Crippen LogP) is 2.88. The van der Waals surface area contributed by atoms with Crippen LogP contribution in [-0.2, 0) is 14.2 Å². The third-order valence-corrected chi connectivity index (χ3v) is 3.16. The smallest absolute Gasteiger partial charge is 0.343 e. The average Bonchev–Trinajstić information content (AvgIpc) is 2.51. The van der Waals surface area contributed by atoms with Crippen molar-refractivity contribution in [2.24, 2.45) is 0 Å². The molecule has 1 aromatic carbocycles. The summed E-state index contributed by atoms with van der Waals surface area (Å²) in [5.74, 6) is 0.525. The van der Waals surface area contributed by atoms with Gasteiger partial charge in [0.1, 0.15) is 18.7 Å². The largest absolute Gasteiger partial charge is 0.425 e. The molecule has 5 nitrogen and oxygen atoms in total. The summed E-state index contributed by atoms with van der Waals surface area (Å²) < 4.78 is 21.1. The standard InChI is InChI=1S/C16H20O5/c1-3-14(20-11-19-9-8-18-2)15-10-12-6-4-5-7-13(12)16(17)21-15/h4-7,10,14H,3,8-9,11H2,1-2H3. The molecule has 21 heavy (non-hydrogen) atoms. The van der Waals surface area contributed by atoms with Gasteiger partial charge in [0.05, 0.1) is 18.6 Å². The Labute approximate surface area is 123 Å². The molecular weight excluding hydrogens is 272 g/mol. The van der Waals surface area contributed by atoms with Crippen LogP contribution in [0.15, 0.2) is 39.5 Å². The molecule has 0 aliphatic heterocycles. The van der Waals surface area contributed by atoms with E-state index in [1.54, 1.807) is 13.2 Å². The summed E-state index contributed by atoms with van der Waals surface area (Å²) >= 11 is 0. The lowest BCUT2D eigenvalue weighted by molar-refractivity contribution is -0.105. The van der Waals surface area contributed by atoms with Crippen molar-refractivity contribution in [3.05, 3.63) is 46.5 Å². The normalized spacial score (nSPS) is 12.7. The molecule has 0 bridgehead atoms. The monoisotopic (exact) mass is 292 g/mol. The van der Waals surface area contributed by atoms with E-state index in [-0.39, 0.29) is 18.5 Å². The summed E-state index contributed by atoms with van der Waals surface area (Å²) in [5, 5.41) is 1.43. The molecule has 114 valence electrons. The van der Waals surface area contributed by atoms with E-state index in [0.29, 0.717) is 30.8 Å². The number of rotatable bonds is 8. The van der Waals surface area contributed by atoms with Gasteiger partial charge in [-0.05, 0) is 23.9 Å². The Morgan fingerprint density at radius 3 is 2.81 bits per heavy atom. The van der Waals surface area contributed by atoms with Crippen LogP contribution in [0.25, 0.3) is 10.8 Å². The van der Waals surface area contributed by atoms with Gasteiger partial charge in [-0.15, -0.1) is 0 Å². The van der Waals surface area contributed by atoms with Crippen LogP contribution >= 0.6 is 0 Å². The summed E-state index contributed by atoms with van der Waals surface area (Å²) in [6.07, 6.45) is 0.388. The van der Waals surface area contributed by atoms with Gasteiger partial charge >= 0.3 is 5.63 Å². The Morgan fingerprint density at radius 1 is 1.24 bits per heavy atom. The van der Waals surface area contributed by atoms with Crippen LogP contribution in [0.3, 0.4) is 0 Å². The maximum absolute atomic E-state index is 12.0. The van der Waals surface area contributed by atoms with Crippen molar-refractivity contribution in [2.45, 2.75) is 19.4 Å². The molecule has 5 heteroatoms. The van der Waals surface area contributed by atoms with Crippen LogP contribution in [0, 0.1) is 0 Å². The summed E-state index contributed by atoms with van der Waals surface area (Å²) in [4.78, 5) is 12.0. The lowest BCUT2D eigenvalue weighted by Crippen LogP contribution is -2.12. The zero-order valence-electron chi connectivity index (χ0n) is 12.3. The number of benzene rings is 1. The molecule has 1 aromatic heterocycles. The van der Waals surface area contributed by atoms with E-state index >= 15 is 0 Å². The SMILES string of the molecule is CCC(OCOCCOC)c1cc2ccccc2c(=O)o1. The van der Waals surface area contributed by atoms with Crippen LogP contribution in [0.1, 0.15) is 25.2 Å². The van der Waals surface area contributed by atoms with Crippen LogP contribution in [0.2, 0.25) is 0 Å². The van der Waals surface area contributed by atoms with Crippen LogP contribution in [0.5, 0.6) is 0 Å². The van der Waals surface area contributed by atoms with Crippen LogP contribution in [0.4, 0.5) is 0 Å². The molecule has 0 amide bonds. The molecule has 0 radical (unpaired) electrons. The molecule has 0 saturated carbocycles. The molecule has 1 unspecified atom stereocenters. The van der Waals surface area contributed by atoms with E-state index in [9.17, 15) is 4.79 Å². The topological polar surface area (TPSA) is 57.9 Å². The van der Waals surface area contributed by atoms with Crippen molar-refractivity contribution in [3.8, 4) is 0 Å². The van der Waals surface area contributed by atoms with Gasteiger partial charge in [0.15, 0.2) is 0 Å². The second kappa shape index (κ2) is 7.93. The average molecular weight is 292 g/mol. The minimum atomic E-state index is -0.342. The van der Waals surface area contributed by atoms with Crippen molar-refractivity contribution in [1.29, 1.82) is 0 Å². The first-order valence-corrected chi connectivity index (χ1v) is 6.97. The molecule has 0 fully saturated rings. The highest BCUT2D eigenvalue weighted by Gasteiger charge is 2.15. The number of fused-ring (bicyclic) bond motifs is 1. The molecule has 0 spiro atoms. The van der Waals surface area contributed by atoms with Gasteiger partial charge in [-0.1, -0.05) is 25.1 Å². The predicted molar refractivity (Wildman–Crippen MR) is 79.3 cm³/mol. The van der Waals surface area contributed by atoms with E-state index < -0.39 is 0 Å². The van der Waals surface area contributed by atoms with Crippen molar-refractivity contribution < 1.29 is 18.6 Å². The molecule has 1 heterocycles. The Kier molecular flexibility index (Phi) is 5.92. The van der Waals surface area contributed by atoms with Crippen LogP contribution in [-0.4, -0.2) is 27.1 Å². The van der Waals surface area contributed by atoms with Gasteiger partial charge in [-0.2, -0.15) is 0 Å². The fourth-order valence-corrected chi connectivity index (χ4v) is 2.04. The Balaban J connectivity index is 2.09. The summed E-state index contributed by atoms with van der Waals surface area (Å²) in [6, 6.07) is 9.19. The summed E-state index contributed by atoms with van der Waals surface area (Å²) in [6.45, 7) is 3.09. The quantitative estimate of drug-likeness (QED) is 0.553. The molecule has 2 rings (SSSR count). The molecule has 0 saturated heterocycles. The molecular formula is C16H20O5. The van der Waals surface area contributed by atoms with Gasteiger partial charge in [0.2, 0.25) is 0 Å². The molecule has 1 atom stereocenters. The first-order valence-electron chi connectivity index (χ1n) is 6.97. The van der Waals surface area contributed by atoms with Gasteiger partial charge < -0.3 is 18.6 Å². The molecule has 0 N–H and O–H groups in total. The first kappa shape index (κ1) is 15.7. The van der Waals surface area contributed by atoms with Gasteiger partial charge in [-0.25, -0.2) is 4.79 Å². The Bertz CT molecular complexity index is 619. The zero-order valence-corrected chi connectivity index (χ0v) is 12.3. The zero-order chi connectivity index (χ0) is 15.1. The maximum atomic E-state index is 12.0. The van der Waals surface area contributed by atoms with Gasteiger partial charge in [0.25, 0.3) is 0 Å². The minimum Gasteiger partial charge on any atom is -0.425 e. The second-order valence-corrected chi connectivity index (χ2v) is 4.61. The van der Waals surface area contributed by atoms with Gasteiger partial charge in [0, 0.05) is 7.11 Å². The van der Waals surface area contributed by atoms with E-state index in [4.69, 9.17) is 18.6 Å². The number of hydrogen-bond acceptors (Lipinski definition) is 5. The maximum Gasteiger partial charge on any atom is 0.343 e. The third-order valence-electron chi connectivity index (χ3n) is 3.16. The van der Waals surface area contributed by atoms with Crippen molar-refractivity contribution in [2.75, 3.05) is 27.1 Å². The number of methoxy groups -OCH3 is 1. The van der Waals surface area contributed by atoms with Crippen LogP contribution < -0.4 is 5.63 Å². The molecule has 0 aliphatic rings. The lowest BCUT2D eigenvalue weighted by Gasteiger charge is -2.15. The highest BCUT2D eigenvalue weighted by Crippen LogP contribution is 2.23. The Morgan fingerprint density at radius 2 is 2.05 bits per heavy atom. The van der Waals surface area contributed by atoms with Crippen molar-refractivity contribution in [3.63, 3.8) is 0 Å². The molecule has 2 aromatic rings. The van der Waals surface area contributed by atoms with Gasteiger partial charge in [-0.3, -0.25) is 0 Å². The minimum absolute atomic E-state index is 0.137. The number of ether oxygens (including phenoxy) is 3. The van der Waals surface area contributed by atoms with E-state index in [2.05, 4.69) is 0 Å². The van der Waals surface area contributed by atoms with Crippen molar-refractivity contribution >= 4 is 10.8 Å². The third kappa shape index (κ3) is 4.14. The van der Waals surface area contributed by atoms with Crippen molar-refractivity contribution in [1.82, 2.24) is 0 Å². The summed E-state index contributed by atoms with van der Waals surface area (Å²) in [5.41, 5.74) is -0.342. The van der Waals surface area contributed by atoms with E-state index in [1.807, 2.05) is 31.2 Å². The fourth-order valence-electron chi connectivity index (χ4n) is 2.04. The van der Waals surface area contributed by atoms with E-state index in [1.165, 1.54) is 0 Å². The Hall–Kier alpha value is -1.69. The first-order chi connectivity index (χ1) is 10.3.